The van der Waals surface area contributed by atoms with E-state index in [2.05, 4.69) is 186 Å². The summed E-state index contributed by atoms with van der Waals surface area (Å²) in [5, 5.41) is 5.27. The van der Waals surface area contributed by atoms with Gasteiger partial charge in [0, 0.05) is 41.3 Å². The van der Waals surface area contributed by atoms with Gasteiger partial charge in [0.1, 0.15) is 0 Å². The molecule has 0 fully saturated rings. The fraction of sp³-hybridized carbons (Fsp3) is 0.0465. The summed E-state index contributed by atoms with van der Waals surface area (Å²) >= 11 is 0. The topological polar surface area (TPSA) is 22.6 Å². The van der Waals surface area contributed by atoms with Crippen LogP contribution in [0.5, 0.6) is 0 Å². The number of nitrogens with zero attached hydrogens (tertiary/aromatic N) is 4. The molecule has 0 saturated heterocycles. The molecular weight excluding hydrogens is 601 g/mol. The number of aromatic nitrogens is 1. The lowest BCUT2D eigenvalue weighted by atomic mass is 10.1. The molecule has 3 heterocycles. The summed E-state index contributed by atoms with van der Waals surface area (Å²) in [5.74, 6) is 0. The lowest BCUT2D eigenvalue weighted by molar-refractivity contribution is 0.949. The third kappa shape index (κ3) is 4.32. The van der Waals surface area contributed by atoms with E-state index in [1.165, 1.54) is 43.7 Å². The second kappa shape index (κ2) is 11.4. The standard InChI is InChI=1S/C43H34N4Si/c1-45-31-46(40-24-8-7-23-39(40)45)33-17-13-18-34(29-33)47(32-15-3-2-4-16-32)35-19-14-20-36(30-35)48(43-27-11-12-28-44-43)41-25-9-5-21-37(41)38-22-6-10-26-42(38)48/h2-30H,31H2,1H3. The molecule has 1 aromatic heterocycles. The van der Waals surface area contributed by atoms with Crippen molar-refractivity contribution in [1.29, 1.82) is 0 Å². The van der Waals surface area contributed by atoms with Crippen LogP contribution in [0, 0.1) is 0 Å². The van der Waals surface area contributed by atoms with Crippen LogP contribution >= 0.6 is 0 Å². The van der Waals surface area contributed by atoms with E-state index in [4.69, 9.17) is 4.98 Å². The van der Waals surface area contributed by atoms with E-state index < -0.39 is 8.07 Å². The molecule has 0 atom stereocenters. The highest BCUT2D eigenvalue weighted by molar-refractivity contribution is 7.21. The Morgan fingerprint density at radius 3 is 1.88 bits per heavy atom. The van der Waals surface area contributed by atoms with Gasteiger partial charge < -0.3 is 14.7 Å². The SMILES string of the molecule is CN1CN(c2cccc(N(c3ccccc3)c3cccc([Si]4(c5ccccn5)c5ccccc5-c5ccccc54)c3)c2)c2ccccc21. The lowest BCUT2D eigenvalue weighted by Gasteiger charge is -2.32. The Kier molecular flexibility index (Phi) is 6.73. The monoisotopic (exact) mass is 634 g/mol. The first kappa shape index (κ1) is 28.3. The van der Waals surface area contributed by atoms with E-state index in [1.54, 1.807) is 0 Å². The number of anilines is 6. The van der Waals surface area contributed by atoms with Crippen molar-refractivity contribution in [2.24, 2.45) is 0 Å². The van der Waals surface area contributed by atoms with Crippen LogP contribution in [0.25, 0.3) is 11.1 Å². The summed E-state index contributed by atoms with van der Waals surface area (Å²) in [6.07, 6.45) is 1.95. The molecule has 2 aliphatic heterocycles. The van der Waals surface area contributed by atoms with E-state index in [0.29, 0.717) is 0 Å². The molecule has 5 heteroatoms. The third-order valence-corrected chi connectivity index (χ3v) is 14.6. The van der Waals surface area contributed by atoms with Gasteiger partial charge in [0.05, 0.1) is 18.0 Å². The van der Waals surface area contributed by atoms with E-state index in [-0.39, 0.29) is 0 Å². The Bertz CT molecular complexity index is 2220. The highest BCUT2D eigenvalue weighted by Gasteiger charge is 2.49. The van der Waals surface area contributed by atoms with Gasteiger partial charge in [-0.3, -0.25) is 4.98 Å². The first-order valence-corrected chi connectivity index (χ1v) is 18.5. The average molecular weight is 635 g/mol. The number of rotatable bonds is 6. The maximum Gasteiger partial charge on any atom is 0.203 e. The van der Waals surface area contributed by atoms with Crippen LogP contribution in [0.2, 0.25) is 0 Å². The molecule has 7 aromatic rings. The van der Waals surface area contributed by atoms with Crippen molar-refractivity contribution in [1.82, 2.24) is 4.98 Å². The molecule has 0 bridgehead atoms. The second-order valence-electron chi connectivity index (χ2n) is 12.6. The van der Waals surface area contributed by atoms with E-state index >= 15 is 0 Å². The molecule has 0 unspecified atom stereocenters. The van der Waals surface area contributed by atoms with Crippen molar-refractivity contribution >= 4 is 63.1 Å². The highest BCUT2D eigenvalue weighted by Crippen LogP contribution is 2.42. The number of hydrogen-bond acceptors (Lipinski definition) is 4. The van der Waals surface area contributed by atoms with Gasteiger partial charge in [0.25, 0.3) is 0 Å². The average Bonchev–Trinajstić information content (AvgIpc) is 3.66. The molecule has 0 spiro atoms. The van der Waals surface area contributed by atoms with Crippen LogP contribution in [0.1, 0.15) is 0 Å². The molecule has 4 nitrogen and oxygen atoms in total. The van der Waals surface area contributed by atoms with Crippen molar-refractivity contribution in [2.75, 3.05) is 28.4 Å². The minimum Gasteiger partial charge on any atom is -0.355 e. The molecule has 48 heavy (non-hydrogen) atoms. The predicted molar refractivity (Wildman–Crippen MR) is 203 cm³/mol. The number of para-hydroxylation sites is 3. The number of benzene rings is 6. The van der Waals surface area contributed by atoms with Crippen LogP contribution in [0.3, 0.4) is 0 Å². The molecule has 0 amide bonds. The van der Waals surface area contributed by atoms with Crippen molar-refractivity contribution in [3.63, 3.8) is 0 Å². The Hall–Kier alpha value is -5.91. The third-order valence-electron chi connectivity index (χ3n) is 9.89. The predicted octanol–water partition coefficient (Wildman–Crippen LogP) is 7.45. The van der Waals surface area contributed by atoms with Gasteiger partial charge in [-0.05, 0) is 93.4 Å². The molecule has 0 N–H and O–H groups in total. The fourth-order valence-electron chi connectivity index (χ4n) is 7.86. The zero-order chi connectivity index (χ0) is 32.1. The highest BCUT2D eigenvalue weighted by atomic mass is 28.3. The summed E-state index contributed by atoms with van der Waals surface area (Å²) < 4.78 is 0. The summed E-state index contributed by atoms with van der Waals surface area (Å²) in [4.78, 5) is 12.2. The van der Waals surface area contributed by atoms with Crippen molar-refractivity contribution in [3.8, 4) is 11.1 Å². The van der Waals surface area contributed by atoms with Gasteiger partial charge in [0.2, 0.25) is 8.07 Å². The van der Waals surface area contributed by atoms with Crippen LogP contribution in [-0.2, 0) is 0 Å². The maximum absolute atomic E-state index is 5.12. The summed E-state index contributed by atoms with van der Waals surface area (Å²) in [7, 11) is -0.578. The molecular formula is C43H34N4Si. The zero-order valence-electron chi connectivity index (χ0n) is 26.7. The van der Waals surface area contributed by atoms with E-state index in [9.17, 15) is 0 Å². The second-order valence-corrected chi connectivity index (χ2v) is 16.2. The fourth-order valence-corrected chi connectivity index (χ4v) is 12.9. The number of hydrogen-bond donors (Lipinski definition) is 0. The van der Waals surface area contributed by atoms with E-state index in [1.807, 2.05) is 12.3 Å². The van der Waals surface area contributed by atoms with Gasteiger partial charge >= 0.3 is 0 Å². The van der Waals surface area contributed by atoms with E-state index in [0.717, 1.165) is 29.0 Å². The summed E-state index contributed by atoms with van der Waals surface area (Å²) in [6.45, 7) is 0.806. The Morgan fingerprint density at radius 1 is 0.542 bits per heavy atom. The quantitative estimate of drug-likeness (QED) is 0.177. The Labute approximate surface area is 282 Å². The van der Waals surface area contributed by atoms with Gasteiger partial charge in [-0.1, -0.05) is 103 Å². The minimum atomic E-state index is -2.74. The van der Waals surface area contributed by atoms with Crippen LogP contribution in [-0.4, -0.2) is 26.8 Å². The molecule has 230 valence electrons. The largest absolute Gasteiger partial charge is 0.355 e. The van der Waals surface area contributed by atoms with Crippen molar-refractivity contribution < 1.29 is 0 Å². The van der Waals surface area contributed by atoms with Crippen LogP contribution in [0.4, 0.5) is 34.1 Å². The Morgan fingerprint density at radius 2 is 1.15 bits per heavy atom. The normalized spacial score (nSPS) is 13.9. The minimum absolute atomic E-state index is 0.806. The van der Waals surface area contributed by atoms with Gasteiger partial charge in [-0.15, -0.1) is 0 Å². The molecule has 0 aliphatic carbocycles. The molecule has 0 saturated carbocycles. The van der Waals surface area contributed by atoms with Crippen molar-refractivity contribution in [2.45, 2.75) is 0 Å². The first-order chi connectivity index (χ1) is 23.7. The molecule has 0 radical (unpaired) electrons. The summed E-state index contributed by atoms with van der Waals surface area (Å²) in [6, 6.07) is 61.9. The lowest BCUT2D eigenvalue weighted by Crippen LogP contribution is -2.73. The van der Waals surface area contributed by atoms with Crippen molar-refractivity contribution in [3.05, 3.63) is 176 Å². The van der Waals surface area contributed by atoms with Crippen LogP contribution in [0.15, 0.2) is 176 Å². The summed E-state index contributed by atoms with van der Waals surface area (Å²) in [5.41, 5.74) is 9.64. The zero-order valence-corrected chi connectivity index (χ0v) is 27.7. The maximum atomic E-state index is 5.12. The smallest absolute Gasteiger partial charge is 0.203 e. The molecule has 2 aliphatic rings. The van der Waals surface area contributed by atoms with Gasteiger partial charge in [-0.2, -0.15) is 0 Å². The number of fused-ring (bicyclic) bond motifs is 4. The number of pyridine rings is 1. The van der Waals surface area contributed by atoms with Gasteiger partial charge in [-0.25, -0.2) is 0 Å². The van der Waals surface area contributed by atoms with Crippen LogP contribution < -0.4 is 35.6 Å². The molecule has 6 aromatic carbocycles. The molecule has 9 rings (SSSR count). The van der Waals surface area contributed by atoms with Gasteiger partial charge in [0.15, 0.2) is 0 Å². The first-order valence-electron chi connectivity index (χ1n) is 16.5. The Balaban J connectivity index is 1.24.